The van der Waals surface area contributed by atoms with E-state index in [9.17, 15) is 13.2 Å². The van der Waals surface area contributed by atoms with Gasteiger partial charge in [-0.05, 0) is 47.4 Å². The first-order valence-corrected chi connectivity index (χ1v) is 11.7. The van der Waals surface area contributed by atoms with E-state index in [0.29, 0.717) is 30.2 Å². The molecule has 0 aliphatic rings. The molecule has 0 N–H and O–H groups in total. The van der Waals surface area contributed by atoms with Crippen molar-refractivity contribution >= 4 is 22.1 Å². The van der Waals surface area contributed by atoms with Crippen LogP contribution in [0.3, 0.4) is 0 Å². The van der Waals surface area contributed by atoms with Crippen molar-refractivity contribution in [2.24, 2.45) is 0 Å². The third-order valence-corrected chi connectivity index (χ3v) is 6.90. The van der Waals surface area contributed by atoms with Gasteiger partial charge in [-0.1, -0.05) is 46.8 Å². The summed E-state index contributed by atoms with van der Waals surface area (Å²) in [5.41, 5.74) is 1.32. The second kappa shape index (κ2) is 10.1. The molecular formula is C24H31NO5S. The molecule has 2 aromatic rings. The molecule has 0 aromatic heterocycles. The molecule has 0 spiro atoms. The van der Waals surface area contributed by atoms with E-state index in [-0.39, 0.29) is 10.3 Å². The highest BCUT2D eigenvalue weighted by Gasteiger charge is 2.22. The molecule has 0 aliphatic heterocycles. The van der Waals surface area contributed by atoms with E-state index < -0.39 is 16.0 Å². The van der Waals surface area contributed by atoms with Gasteiger partial charge in [-0.25, -0.2) is 13.2 Å². The second-order valence-corrected chi connectivity index (χ2v) is 9.96. The van der Waals surface area contributed by atoms with E-state index in [1.807, 2.05) is 26.8 Å². The fraction of sp³-hybridized carbons (Fsp3) is 0.375. The van der Waals surface area contributed by atoms with Crippen LogP contribution in [0, 0.1) is 0 Å². The lowest BCUT2D eigenvalue weighted by atomic mass is 9.86. The summed E-state index contributed by atoms with van der Waals surface area (Å²) >= 11 is 0. The maximum atomic E-state index is 12.6. The highest BCUT2D eigenvalue weighted by Crippen LogP contribution is 2.34. The molecule has 2 aromatic carbocycles. The molecule has 0 radical (unpaired) electrons. The van der Waals surface area contributed by atoms with E-state index in [2.05, 4.69) is 0 Å². The van der Waals surface area contributed by atoms with Gasteiger partial charge in [-0.15, -0.1) is 0 Å². The molecule has 2 rings (SSSR count). The highest BCUT2D eigenvalue weighted by molar-refractivity contribution is 7.89. The van der Waals surface area contributed by atoms with Crippen molar-refractivity contribution < 1.29 is 22.7 Å². The number of carbonyl (C=O) groups is 1. The largest absolute Gasteiger partial charge is 0.497 e. The Morgan fingerprint density at radius 1 is 1.03 bits per heavy atom. The lowest BCUT2D eigenvalue weighted by molar-refractivity contribution is -0.129. The lowest BCUT2D eigenvalue weighted by Crippen LogP contribution is -2.30. The summed E-state index contributed by atoms with van der Waals surface area (Å²) in [4.78, 5) is 12.6. The van der Waals surface area contributed by atoms with Crippen molar-refractivity contribution in [3.8, 4) is 11.5 Å². The zero-order valence-electron chi connectivity index (χ0n) is 19.0. The van der Waals surface area contributed by atoms with Gasteiger partial charge < -0.3 is 9.47 Å². The summed E-state index contributed by atoms with van der Waals surface area (Å²) < 4.78 is 37.3. The van der Waals surface area contributed by atoms with Gasteiger partial charge in [-0.3, -0.25) is 0 Å². The maximum Gasteiger partial charge on any atom is 0.336 e. The first-order valence-electron chi connectivity index (χ1n) is 10.2. The Morgan fingerprint density at radius 2 is 1.65 bits per heavy atom. The van der Waals surface area contributed by atoms with Crippen molar-refractivity contribution in [3.05, 3.63) is 59.7 Å². The summed E-state index contributed by atoms with van der Waals surface area (Å²) in [7, 11) is -1.92. The summed E-state index contributed by atoms with van der Waals surface area (Å²) in [6.45, 7) is 10.5. The minimum Gasteiger partial charge on any atom is -0.497 e. The SMILES string of the molecule is CCN(CC)S(=O)(=O)c1ccc(C=CC(=O)Oc2ccc(OC)cc2C(C)(C)C)cc1. The zero-order valence-corrected chi connectivity index (χ0v) is 19.8. The molecule has 0 aliphatic carbocycles. The number of rotatable bonds is 8. The number of carbonyl (C=O) groups excluding carboxylic acids is 1. The van der Waals surface area contributed by atoms with Crippen LogP contribution >= 0.6 is 0 Å². The van der Waals surface area contributed by atoms with E-state index in [0.717, 1.165) is 5.56 Å². The molecule has 168 valence electrons. The average molecular weight is 446 g/mol. The zero-order chi connectivity index (χ0) is 23.2. The third-order valence-electron chi connectivity index (χ3n) is 4.84. The molecule has 7 heteroatoms. The number of benzene rings is 2. The molecule has 0 bridgehead atoms. The van der Waals surface area contributed by atoms with Crippen molar-refractivity contribution in [1.29, 1.82) is 0 Å². The smallest absolute Gasteiger partial charge is 0.336 e. The number of sulfonamides is 1. The van der Waals surface area contributed by atoms with Crippen molar-refractivity contribution in [2.75, 3.05) is 20.2 Å². The first-order chi connectivity index (χ1) is 14.5. The molecule has 0 saturated carbocycles. The van der Waals surface area contributed by atoms with Crippen LogP contribution in [0.15, 0.2) is 53.4 Å². The van der Waals surface area contributed by atoms with Gasteiger partial charge in [0.2, 0.25) is 10.0 Å². The summed E-state index contributed by atoms with van der Waals surface area (Å²) in [5.74, 6) is 0.652. The number of methoxy groups -OCH3 is 1. The molecule has 0 amide bonds. The number of esters is 1. The number of ether oxygens (including phenoxy) is 2. The van der Waals surface area contributed by atoms with Crippen LogP contribution < -0.4 is 9.47 Å². The van der Waals surface area contributed by atoms with E-state index >= 15 is 0 Å². The van der Waals surface area contributed by atoms with Crippen LogP contribution in [-0.4, -0.2) is 38.9 Å². The fourth-order valence-electron chi connectivity index (χ4n) is 3.08. The molecule has 31 heavy (non-hydrogen) atoms. The van der Waals surface area contributed by atoms with Gasteiger partial charge in [0, 0.05) is 24.7 Å². The predicted molar refractivity (Wildman–Crippen MR) is 123 cm³/mol. The van der Waals surface area contributed by atoms with Gasteiger partial charge in [0.05, 0.1) is 12.0 Å². The summed E-state index contributed by atoms with van der Waals surface area (Å²) in [6, 6.07) is 11.7. The number of hydrogen-bond donors (Lipinski definition) is 0. The molecular weight excluding hydrogens is 414 g/mol. The molecule has 0 fully saturated rings. The average Bonchev–Trinajstić information content (AvgIpc) is 2.72. The van der Waals surface area contributed by atoms with Crippen molar-refractivity contribution in [2.45, 2.75) is 44.9 Å². The number of hydrogen-bond acceptors (Lipinski definition) is 5. The Kier molecular flexibility index (Phi) is 8.03. The fourth-order valence-corrected chi connectivity index (χ4v) is 4.54. The van der Waals surface area contributed by atoms with Crippen LogP contribution in [0.2, 0.25) is 0 Å². The molecule has 0 atom stereocenters. The Balaban J connectivity index is 2.16. The second-order valence-electron chi connectivity index (χ2n) is 8.02. The van der Waals surface area contributed by atoms with Crippen molar-refractivity contribution in [1.82, 2.24) is 4.31 Å². The number of nitrogens with zero attached hydrogens (tertiary/aromatic N) is 1. The van der Waals surface area contributed by atoms with Gasteiger partial charge in [0.15, 0.2) is 0 Å². The van der Waals surface area contributed by atoms with Crippen LogP contribution in [-0.2, 0) is 20.2 Å². The van der Waals surface area contributed by atoms with Gasteiger partial charge in [0.1, 0.15) is 11.5 Å². The Hall–Kier alpha value is -2.64. The highest BCUT2D eigenvalue weighted by atomic mass is 32.2. The van der Waals surface area contributed by atoms with Crippen LogP contribution in [0.5, 0.6) is 11.5 Å². The topological polar surface area (TPSA) is 72.9 Å². The summed E-state index contributed by atoms with van der Waals surface area (Å²) in [5, 5.41) is 0. The lowest BCUT2D eigenvalue weighted by Gasteiger charge is -2.22. The molecule has 0 heterocycles. The van der Waals surface area contributed by atoms with Crippen LogP contribution in [0.4, 0.5) is 0 Å². The molecule has 0 saturated heterocycles. The van der Waals surface area contributed by atoms with Crippen LogP contribution in [0.25, 0.3) is 6.08 Å². The van der Waals surface area contributed by atoms with Crippen LogP contribution in [0.1, 0.15) is 45.7 Å². The predicted octanol–water partition coefficient (Wildman–Crippen LogP) is 4.64. The molecule has 0 unspecified atom stereocenters. The minimum atomic E-state index is -3.51. The molecule has 6 nitrogen and oxygen atoms in total. The van der Waals surface area contributed by atoms with Crippen molar-refractivity contribution in [3.63, 3.8) is 0 Å². The minimum absolute atomic E-state index is 0.226. The van der Waals surface area contributed by atoms with Gasteiger partial charge in [-0.2, -0.15) is 4.31 Å². The van der Waals surface area contributed by atoms with Gasteiger partial charge >= 0.3 is 5.97 Å². The maximum absolute atomic E-state index is 12.6. The van der Waals surface area contributed by atoms with Gasteiger partial charge in [0.25, 0.3) is 0 Å². The normalized spacial score (nSPS) is 12.4. The Labute approximate surface area is 185 Å². The summed E-state index contributed by atoms with van der Waals surface area (Å²) in [6.07, 6.45) is 2.92. The van der Waals surface area contributed by atoms with E-state index in [1.165, 1.54) is 10.4 Å². The quantitative estimate of drug-likeness (QED) is 0.336. The van der Waals surface area contributed by atoms with E-state index in [4.69, 9.17) is 9.47 Å². The Bertz CT molecular complexity index is 1030. The van der Waals surface area contributed by atoms with E-state index in [1.54, 1.807) is 63.4 Å². The standard InChI is InChI=1S/C24H31NO5S/c1-7-25(8-2)31(27,28)20-13-9-18(10-14-20)11-16-23(26)30-22-15-12-19(29-6)17-21(22)24(3,4)5/h9-17H,7-8H2,1-6H3. The monoisotopic (exact) mass is 445 g/mol. The first kappa shape index (κ1) is 24.6. The Morgan fingerprint density at radius 3 is 2.16 bits per heavy atom. The third kappa shape index (κ3) is 6.18.